The van der Waals surface area contributed by atoms with Gasteiger partial charge in [0.15, 0.2) is 23.1 Å². The van der Waals surface area contributed by atoms with E-state index in [0.29, 0.717) is 21.4 Å². The summed E-state index contributed by atoms with van der Waals surface area (Å²) in [5.74, 6) is 4.01. The van der Waals surface area contributed by atoms with Crippen molar-refractivity contribution >= 4 is 23.2 Å². The highest BCUT2D eigenvalue weighted by Gasteiger charge is 2.10. The molecule has 2 aromatic heterocycles. The number of halogens is 2. The summed E-state index contributed by atoms with van der Waals surface area (Å²) in [6.45, 7) is 0. The maximum atomic E-state index is 13.2. The van der Waals surface area contributed by atoms with Crippen molar-refractivity contribution in [1.82, 2.24) is 14.4 Å². The normalized spacial score (nSPS) is 10.9. The van der Waals surface area contributed by atoms with Crippen LogP contribution in [0.2, 0.25) is 0 Å². The minimum atomic E-state index is -0.900. The average Bonchev–Trinajstić information content (AvgIpc) is 2.91. The molecule has 3 aromatic rings. The zero-order chi connectivity index (χ0) is 14.1. The van der Waals surface area contributed by atoms with Crippen LogP contribution in [0, 0.1) is 11.6 Å². The van der Waals surface area contributed by atoms with E-state index in [1.165, 1.54) is 17.8 Å². The number of imidazole rings is 1. The van der Waals surface area contributed by atoms with Gasteiger partial charge in [0, 0.05) is 17.3 Å². The summed E-state index contributed by atoms with van der Waals surface area (Å²) in [5, 5.41) is 0.538. The molecule has 0 amide bonds. The Morgan fingerprint density at radius 2 is 2.10 bits per heavy atom. The zero-order valence-corrected chi connectivity index (χ0v) is 10.9. The topological polar surface area (TPSA) is 68.2 Å². The molecule has 0 aliphatic heterocycles. The molecule has 1 aromatic carbocycles. The van der Waals surface area contributed by atoms with E-state index >= 15 is 0 Å². The van der Waals surface area contributed by atoms with Crippen LogP contribution < -0.4 is 11.3 Å². The number of nitrogens with two attached hydrogens (primary N) is 1. The molecular formula is C12H9F2N5S. The third-order valence-electron chi connectivity index (χ3n) is 2.60. The number of anilines is 1. The van der Waals surface area contributed by atoms with Gasteiger partial charge in [0.2, 0.25) is 0 Å². The standard InChI is InChI=1S/C12H9F2N5S/c13-8-2-1-7(5-9(8)14)20-12-11-16-3-4-19(11)6-10(17-12)18-15/h1-6,18H,15H2. The number of nitrogens with zero attached hydrogens (tertiary/aromatic N) is 3. The van der Waals surface area contributed by atoms with Crippen molar-refractivity contribution < 1.29 is 8.78 Å². The summed E-state index contributed by atoms with van der Waals surface area (Å²) < 4.78 is 27.9. The monoisotopic (exact) mass is 293 g/mol. The molecule has 102 valence electrons. The Labute approximate surface area is 116 Å². The molecule has 0 radical (unpaired) electrons. The highest BCUT2D eigenvalue weighted by Crippen LogP contribution is 2.30. The molecule has 5 nitrogen and oxygen atoms in total. The SMILES string of the molecule is NNc1cn2ccnc2c(Sc2ccc(F)c(F)c2)n1. The molecule has 0 aliphatic rings. The Morgan fingerprint density at radius 1 is 1.25 bits per heavy atom. The molecule has 3 N–H and O–H groups in total. The number of hydrogen-bond acceptors (Lipinski definition) is 5. The quantitative estimate of drug-likeness (QED) is 0.573. The Kier molecular flexibility index (Phi) is 3.25. The average molecular weight is 293 g/mol. The fraction of sp³-hybridized carbons (Fsp3) is 0. The number of rotatable bonds is 3. The molecule has 0 spiro atoms. The number of aromatic nitrogens is 3. The van der Waals surface area contributed by atoms with Gasteiger partial charge in [0.1, 0.15) is 5.03 Å². The summed E-state index contributed by atoms with van der Waals surface area (Å²) in [7, 11) is 0. The smallest absolute Gasteiger partial charge is 0.170 e. The van der Waals surface area contributed by atoms with Crippen LogP contribution in [0.15, 0.2) is 46.7 Å². The van der Waals surface area contributed by atoms with Gasteiger partial charge in [-0.25, -0.2) is 24.6 Å². The first-order valence-electron chi connectivity index (χ1n) is 5.60. The summed E-state index contributed by atoms with van der Waals surface area (Å²) in [6.07, 6.45) is 5.04. The minimum Gasteiger partial charge on any atom is -0.307 e. The van der Waals surface area contributed by atoms with Gasteiger partial charge < -0.3 is 9.83 Å². The summed E-state index contributed by atoms with van der Waals surface area (Å²) >= 11 is 1.18. The molecule has 0 saturated carbocycles. The number of benzene rings is 1. The second-order valence-electron chi connectivity index (χ2n) is 3.91. The van der Waals surface area contributed by atoms with Gasteiger partial charge in [-0.15, -0.1) is 0 Å². The van der Waals surface area contributed by atoms with Gasteiger partial charge in [-0.1, -0.05) is 11.8 Å². The lowest BCUT2D eigenvalue weighted by Gasteiger charge is -2.06. The summed E-state index contributed by atoms with van der Waals surface area (Å²) in [5.41, 5.74) is 3.06. The van der Waals surface area contributed by atoms with E-state index in [1.807, 2.05) is 0 Å². The molecule has 8 heteroatoms. The number of hydrogen-bond donors (Lipinski definition) is 2. The Morgan fingerprint density at radius 3 is 2.85 bits per heavy atom. The van der Waals surface area contributed by atoms with Crippen LogP contribution in [-0.4, -0.2) is 14.4 Å². The molecule has 0 fully saturated rings. The second kappa shape index (κ2) is 5.06. The third kappa shape index (κ3) is 2.30. The molecule has 0 saturated heterocycles. The lowest BCUT2D eigenvalue weighted by molar-refractivity contribution is 0.506. The molecule has 0 atom stereocenters. The maximum Gasteiger partial charge on any atom is 0.170 e. The van der Waals surface area contributed by atoms with Crippen LogP contribution in [0.25, 0.3) is 5.65 Å². The lowest BCUT2D eigenvalue weighted by atomic mass is 10.3. The van der Waals surface area contributed by atoms with E-state index in [2.05, 4.69) is 15.4 Å². The van der Waals surface area contributed by atoms with E-state index < -0.39 is 11.6 Å². The van der Waals surface area contributed by atoms with Gasteiger partial charge in [-0.3, -0.25) is 0 Å². The van der Waals surface area contributed by atoms with E-state index in [9.17, 15) is 8.78 Å². The van der Waals surface area contributed by atoms with Gasteiger partial charge in [-0.05, 0) is 18.2 Å². The van der Waals surface area contributed by atoms with Gasteiger partial charge in [0.25, 0.3) is 0 Å². The number of fused-ring (bicyclic) bond motifs is 1. The van der Waals surface area contributed by atoms with Crippen LogP contribution >= 0.6 is 11.8 Å². The predicted molar refractivity (Wildman–Crippen MR) is 71.3 cm³/mol. The van der Waals surface area contributed by atoms with Crippen LogP contribution in [-0.2, 0) is 0 Å². The fourth-order valence-corrected chi connectivity index (χ4v) is 2.61. The molecule has 0 aliphatic carbocycles. The number of hydrazine groups is 1. The summed E-state index contributed by atoms with van der Waals surface area (Å²) in [6, 6.07) is 3.67. The largest absolute Gasteiger partial charge is 0.307 e. The Balaban J connectivity index is 2.04. The predicted octanol–water partition coefficient (Wildman–Crippen LogP) is 2.44. The van der Waals surface area contributed by atoms with Crippen molar-refractivity contribution in [3.05, 3.63) is 48.4 Å². The van der Waals surface area contributed by atoms with Crippen molar-refractivity contribution in [2.45, 2.75) is 9.92 Å². The molecular weight excluding hydrogens is 284 g/mol. The van der Waals surface area contributed by atoms with Crippen LogP contribution in [0.1, 0.15) is 0 Å². The van der Waals surface area contributed by atoms with Crippen molar-refractivity contribution in [1.29, 1.82) is 0 Å². The number of nitrogen functional groups attached to an aromatic ring is 1. The van der Waals surface area contributed by atoms with Crippen molar-refractivity contribution in [3.8, 4) is 0 Å². The molecule has 2 heterocycles. The maximum absolute atomic E-state index is 13.2. The van der Waals surface area contributed by atoms with E-state index in [4.69, 9.17) is 5.84 Å². The molecule has 0 unspecified atom stereocenters. The molecule has 20 heavy (non-hydrogen) atoms. The van der Waals surface area contributed by atoms with Crippen LogP contribution in [0.3, 0.4) is 0 Å². The van der Waals surface area contributed by atoms with Crippen molar-refractivity contribution in [3.63, 3.8) is 0 Å². The van der Waals surface area contributed by atoms with Gasteiger partial charge >= 0.3 is 0 Å². The van der Waals surface area contributed by atoms with E-state index in [0.717, 1.165) is 12.1 Å². The highest BCUT2D eigenvalue weighted by molar-refractivity contribution is 7.99. The fourth-order valence-electron chi connectivity index (χ4n) is 1.69. The van der Waals surface area contributed by atoms with Crippen LogP contribution in [0.4, 0.5) is 14.6 Å². The second-order valence-corrected chi connectivity index (χ2v) is 4.97. The molecule has 0 bridgehead atoms. The van der Waals surface area contributed by atoms with Crippen molar-refractivity contribution in [2.24, 2.45) is 5.84 Å². The van der Waals surface area contributed by atoms with Crippen LogP contribution in [0.5, 0.6) is 0 Å². The van der Waals surface area contributed by atoms with Crippen molar-refractivity contribution in [2.75, 3.05) is 5.43 Å². The third-order valence-corrected chi connectivity index (χ3v) is 3.55. The lowest BCUT2D eigenvalue weighted by Crippen LogP contribution is -2.10. The highest BCUT2D eigenvalue weighted by atomic mass is 32.2. The first-order valence-corrected chi connectivity index (χ1v) is 6.42. The van der Waals surface area contributed by atoms with E-state index in [-0.39, 0.29) is 0 Å². The Hall–Kier alpha value is -2.19. The Bertz CT molecular complexity index is 774. The van der Waals surface area contributed by atoms with E-state index in [1.54, 1.807) is 23.0 Å². The van der Waals surface area contributed by atoms with Gasteiger partial charge in [0.05, 0.1) is 6.20 Å². The van der Waals surface area contributed by atoms with Gasteiger partial charge in [-0.2, -0.15) is 0 Å². The molecule has 3 rings (SSSR count). The number of nitrogens with one attached hydrogen (secondary N) is 1. The summed E-state index contributed by atoms with van der Waals surface area (Å²) in [4.78, 5) is 8.96. The first kappa shape index (κ1) is 12.8. The minimum absolute atomic E-state index is 0.445. The zero-order valence-electron chi connectivity index (χ0n) is 10.0. The first-order chi connectivity index (χ1) is 9.67.